The molecule has 1 N–H and O–H groups in total. The molecule has 0 spiro atoms. The quantitative estimate of drug-likeness (QED) is 0.387. The molecule has 0 unspecified atom stereocenters. The predicted octanol–water partition coefficient (Wildman–Crippen LogP) is 4.66. The fourth-order valence-electron chi connectivity index (χ4n) is 3.85. The van der Waals surface area contributed by atoms with Crippen molar-refractivity contribution in [1.82, 2.24) is 4.90 Å². The lowest BCUT2D eigenvalue weighted by atomic mass is 9.95. The van der Waals surface area contributed by atoms with Gasteiger partial charge in [-0.1, -0.05) is 90.5 Å². The van der Waals surface area contributed by atoms with Gasteiger partial charge in [0.15, 0.2) is 0 Å². The normalized spacial score (nSPS) is 18.0. The van der Waals surface area contributed by atoms with Gasteiger partial charge in [-0.25, -0.2) is 0 Å². The standard InChI is InChI=1S/C26H23NO3/c1-18-12-14-21(15-13-18)24(28)22-23(20-10-6-3-7-11-20)27(26(30)25(22)29)17-16-19-8-4-2-5-9-19/h2-15,23,28H,16-17H2,1H3/t23-/m0/s1. The van der Waals surface area contributed by atoms with E-state index in [2.05, 4.69) is 0 Å². The van der Waals surface area contributed by atoms with Crippen LogP contribution in [0.3, 0.4) is 0 Å². The number of nitrogens with zero attached hydrogens (tertiary/aromatic N) is 1. The first kappa shape index (κ1) is 19.6. The van der Waals surface area contributed by atoms with Crippen LogP contribution in [0, 0.1) is 6.92 Å². The molecule has 1 aliphatic rings. The largest absolute Gasteiger partial charge is 0.507 e. The summed E-state index contributed by atoms with van der Waals surface area (Å²) in [5, 5.41) is 11.0. The minimum absolute atomic E-state index is 0.135. The van der Waals surface area contributed by atoms with E-state index in [0.717, 1.165) is 16.7 Å². The van der Waals surface area contributed by atoms with E-state index in [0.29, 0.717) is 18.5 Å². The van der Waals surface area contributed by atoms with Gasteiger partial charge in [0.25, 0.3) is 11.7 Å². The zero-order valence-corrected chi connectivity index (χ0v) is 16.8. The molecule has 0 saturated carbocycles. The van der Waals surface area contributed by atoms with Gasteiger partial charge in [-0.15, -0.1) is 0 Å². The molecule has 3 aromatic carbocycles. The molecule has 1 atom stereocenters. The van der Waals surface area contributed by atoms with E-state index in [-0.39, 0.29) is 11.3 Å². The number of aliphatic hydroxyl groups is 1. The summed E-state index contributed by atoms with van der Waals surface area (Å²) in [6, 6.07) is 25.9. The van der Waals surface area contributed by atoms with Crippen molar-refractivity contribution in [1.29, 1.82) is 0 Å². The second-order valence-corrected chi connectivity index (χ2v) is 7.50. The first-order chi connectivity index (χ1) is 14.6. The highest BCUT2D eigenvalue weighted by molar-refractivity contribution is 6.46. The predicted molar refractivity (Wildman–Crippen MR) is 117 cm³/mol. The summed E-state index contributed by atoms with van der Waals surface area (Å²) in [4.78, 5) is 27.5. The van der Waals surface area contributed by atoms with Gasteiger partial charge < -0.3 is 10.0 Å². The minimum Gasteiger partial charge on any atom is -0.507 e. The lowest BCUT2D eigenvalue weighted by Gasteiger charge is -2.25. The number of rotatable bonds is 5. The van der Waals surface area contributed by atoms with E-state index in [1.54, 1.807) is 17.0 Å². The fourth-order valence-corrected chi connectivity index (χ4v) is 3.85. The molecular weight excluding hydrogens is 374 g/mol. The van der Waals surface area contributed by atoms with Gasteiger partial charge in [0.2, 0.25) is 0 Å². The maximum atomic E-state index is 13.0. The first-order valence-corrected chi connectivity index (χ1v) is 10.0. The highest BCUT2D eigenvalue weighted by Gasteiger charge is 2.45. The van der Waals surface area contributed by atoms with E-state index < -0.39 is 17.7 Å². The Morgan fingerprint density at radius 1 is 0.867 bits per heavy atom. The fraction of sp³-hybridized carbons (Fsp3) is 0.154. The van der Waals surface area contributed by atoms with Gasteiger partial charge in [0.1, 0.15) is 5.76 Å². The third-order valence-corrected chi connectivity index (χ3v) is 5.46. The number of aryl methyl sites for hydroxylation is 1. The number of benzene rings is 3. The van der Waals surface area contributed by atoms with Crippen molar-refractivity contribution >= 4 is 17.4 Å². The van der Waals surface area contributed by atoms with Crippen molar-refractivity contribution in [3.63, 3.8) is 0 Å². The Kier molecular flexibility index (Phi) is 5.48. The number of carbonyl (C=O) groups is 2. The van der Waals surface area contributed by atoms with E-state index in [1.807, 2.05) is 79.7 Å². The Morgan fingerprint density at radius 3 is 2.10 bits per heavy atom. The van der Waals surface area contributed by atoms with Crippen LogP contribution in [0.25, 0.3) is 5.76 Å². The molecule has 1 amide bonds. The zero-order valence-electron chi connectivity index (χ0n) is 16.8. The Balaban J connectivity index is 1.76. The Bertz CT molecular complexity index is 1090. The van der Waals surface area contributed by atoms with E-state index in [4.69, 9.17) is 0 Å². The topological polar surface area (TPSA) is 57.6 Å². The molecule has 1 saturated heterocycles. The Morgan fingerprint density at radius 2 is 1.47 bits per heavy atom. The number of hydrogen-bond acceptors (Lipinski definition) is 3. The van der Waals surface area contributed by atoms with Crippen molar-refractivity contribution in [3.05, 3.63) is 113 Å². The maximum absolute atomic E-state index is 13.0. The smallest absolute Gasteiger partial charge is 0.295 e. The molecule has 0 aliphatic carbocycles. The van der Waals surface area contributed by atoms with Gasteiger partial charge in [-0.3, -0.25) is 9.59 Å². The van der Waals surface area contributed by atoms with Gasteiger partial charge in [-0.05, 0) is 24.5 Å². The second-order valence-electron chi connectivity index (χ2n) is 7.50. The molecule has 3 aromatic rings. The Hall–Kier alpha value is -3.66. The number of likely N-dealkylation sites (tertiary alicyclic amines) is 1. The molecule has 0 bridgehead atoms. The highest BCUT2D eigenvalue weighted by Crippen LogP contribution is 2.39. The minimum atomic E-state index is -0.644. The molecule has 4 rings (SSSR count). The van der Waals surface area contributed by atoms with Crippen LogP contribution in [0.2, 0.25) is 0 Å². The summed E-state index contributed by atoms with van der Waals surface area (Å²) in [7, 11) is 0. The van der Waals surface area contributed by atoms with Crippen LogP contribution < -0.4 is 0 Å². The SMILES string of the molecule is Cc1ccc(C(O)=C2C(=O)C(=O)N(CCc3ccccc3)[C@H]2c2ccccc2)cc1. The molecule has 30 heavy (non-hydrogen) atoms. The van der Waals surface area contributed by atoms with Crippen LogP contribution >= 0.6 is 0 Å². The van der Waals surface area contributed by atoms with Crippen LogP contribution in [-0.4, -0.2) is 28.2 Å². The van der Waals surface area contributed by atoms with Crippen LogP contribution in [0.15, 0.2) is 90.5 Å². The highest BCUT2D eigenvalue weighted by atomic mass is 16.3. The molecule has 1 heterocycles. The average Bonchev–Trinajstić information content (AvgIpc) is 3.04. The summed E-state index contributed by atoms with van der Waals surface area (Å²) in [6.45, 7) is 2.34. The van der Waals surface area contributed by atoms with E-state index in [9.17, 15) is 14.7 Å². The molecule has 4 heteroatoms. The molecule has 1 aliphatic heterocycles. The molecule has 0 aromatic heterocycles. The second kappa shape index (κ2) is 8.37. The summed E-state index contributed by atoms with van der Waals surface area (Å²) in [5.41, 5.74) is 3.61. The third-order valence-electron chi connectivity index (χ3n) is 5.46. The average molecular weight is 397 g/mol. The summed E-state index contributed by atoms with van der Waals surface area (Å²) < 4.78 is 0. The van der Waals surface area contributed by atoms with Gasteiger partial charge >= 0.3 is 0 Å². The summed E-state index contributed by atoms with van der Waals surface area (Å²) in [6.07, 6.45) is 0.627. The number of ketones is 1. The molecule has 4 nitrogen and oxygen atoms in total. The van der Waals surface area contributed by atoms with Crippen molar-refractivity contribution in [2.75, 3.05) is 6.54 Å². The van der Waals surface area contributed by atoms with Crippen LogP contribution in [0.4, 0.5) is 0 Å². The van der Waals surface area contributed by atoms with Crippen molar-refractivity contribution in [3.8, 4) is 0 Å². The summed E-state index contributed by atoms with van der Waals surface area (Å²) in [5.74, 6) is -1.35. The molecule has 0 radical (unpaired) electrons. The van der Waals surface area contributed by atoms with Crippen molar-refractivity contribution < 1.29 is 14.7 Å². The summed E-state index contributed by atoms with van der Waals surface area (Å²) >= 11 is 0. The lowest BCUT2D eigenvalue weighted by Crippen LogP contribution is -2.31. The zero-order chi connectivity index (χ0) is 21.1. The Labute approximate surface area is 176 Å². The number of aliphatic hydroxyl groups excluding tert-OH is 1. The van der Waals surface area contributed by atoms with Crippen molar-refractivity contribution in [2.24, 2.45) is 0 Å². The number of amides is 1. The number of hydrogen-bond donors (Lipinski definition) is 1. The number of carbonyl (C=O) groups excluding carboxylic acids is 2. The van der Waals surface area contributed by atoms with E-state index in [1.165, 1.54) is 0 Å². The van der Waals surface area contributed by atoms with Gasteiger partial charge in [0.05, 0.1) is 11.6 Å². The number of Topliss-reactive ketones (excluding diaryl/α,β-unsaturated/α-hetero) is 1. The van der Waals surface area contributed by atoms with Crippen LogP contribution in [-0.2, 0) is 16.0 Å². The molecule has 150 valence electrons. The monoisotopic (exact) mass is 397 g/mol. The molecule has 1 fully saturated rings. The van der Waals surface area contributed by atoms with E-state index >= 15 is 0 Å². The molecular formula is C26H23NO3. The van der Waals surface area contributed by atoms with Crippen LogP contribution in [0.5, 0.6) is 0 Å². The maximum Gasteiger partial charge on any atom is 0.295 e. The van der Waals surface area contributed by atoms with Gasteiger partial charge in [0, 0.05) is 12.1 Å². The third kappa shape index (κ3) is 3.77. The van der Waals surface area contributed by atoms with Gasteiger partial charge in [-0.2, -0.15) is 0 Å². The first-order valence-electron chi connectivity index (χ1n) is 10.0. The lowest BCUT2D eigenvalue weighted by molar-refractivity contribution is -0.139. The van der Waals surface area contributed by atoms with Crippen LogP contribution in [0.1, 0.15) is 28.3 Å². The van der Waals surface area contributed by atoms with Crippen molar-refractivity contribution in [2.45, 2.75) is 19.4 Å².